The van der Waals surface area contributed by atoms with Gasteiger partial charge in [-0.05, 0) is 24.5 Å². The summed E-state index contributed by atoms with van der Waals surface area (Å²) >= 11 is 0. The first kappa shape index (κ1) is 13.4. The molecule has 0 heterocycles. The third-order valence-electron chi connectivity index (χ3n) is 3.12. The molecule has 0 aliphatic heterocycles. The van der Waals surface area contributed by atoms with Crippen LogP contribution >= 0.6 is 0 Å². The lowest BCUT2D eigenvalue weighted by Gasteiger charge is -2.13. The van der Waals surface area contributed by atoms with E-state index in [1.807, 2.05) is 6.07 Å². The molecule has 0 aromatic heterocycles. The van der Waals surface area contributed by atoms with Crippen molar-refractivity contribution < 1.29 is 0 Å². The molecule has 0 heteroatoms. The maximum atomic E-state index is 4.04. The first-order valence-corrected chi connectivity index (χ1v) is 6.68. The van der Waals surface area contributed by atoms with Gasteiger partial charge in [-0.3, -0.25) is 0 Å². The molecule has 96 valence electrons. The lowest BCUT2D eigenvalue weighted by atomic mass is 9.92. The van der Waals surface area contributed by atoms with Gasteiger partial charge in [-0.15, -0.1) is 6.58 Å². The Morgan fingerprint density at radius 1 is 1.00 bits per heavy atom. The van der Waals surface area contributed by atoms with Crippen LogP contribution in [0, 0.1) is 0 Å². The van der Waals surface area contributed by atoms with Gasteiger partial charge < -0.3 is 0 Å². The van der Waals surface area contributed by atoms with E-state index in [1.165, 1.54) is 16.7 Å². The van der Waals surface area contributed by atoms with Crippen LogP contribution in [-0.4, -0.2) is 0 Å². The zero-order chi connectivity index (χ0) is 13.5. The normalized spacial score (nSPS) is 12.5. The van der Waals surface area contributed by atoms with E-state index in [9.17, 15) is 0 Å². The molecule has 0 bridgehead atoms. The number of hydrogen-bond acceptors (Lipinski definition) is 0. The van der Waals surface area contributed by atoms with Crippen molar-refractivity contribution >= 4 is 6.08 Å². The molecule has 1 unspecified atom stereocenters. The third-order valence-corrected chi connectivity index (χ3v) is 3.12. The molecule has 1 atom stereocenters. The second-order valence-electron chi connectivity index (χ2n) is 4.95. The molecule has 0 amide bonds. The van der Waals surface area contributed by atoms with E-state index in [0.717, 1.165) is 6.42 Å². The highest BCUT2D eigenvalue weighted by Crippen LogP contribution is 2.25. The predicted molar refractivity (Wildman–Crippen MR) is 84.1 cm³/mol. The number of allylic oxidation sites excluding steroid dienone is 2. The van der Waals surface area contributed by atoms with Crippen LogP contribution in [0.1, 0.15) is 30.4 Å². The van der Waals surface area contributed by atoms with Crippen molar-refractivity contribution in [3.63, 3.8) is 0 Å². The molecule has 19 heavy (non-hydrogen) atoms. The van der Waals surface area contributed by atoms with Crippen molar-refractivity contribution in [2.75, 3.05) is 0 Å². The molecule has 0 radical (unpaired) electrons. The Kier molecular flexibility index (Phi) is 4.74. The molecule has 2 aromatic carbocycles. The van der Waals surface area contributed by atoms with E-state index in [0.29, 0.717) is 5.92 Å². The van der Waals surface area contributed by atoms with Crippen molar-refractivity contribution in [1.82, 2.24) is 0 Å². The first-order chi connectivity index (χ1) is 9.25. The zero-order valence-electron chi connectivity index (χ0n) is 11.4. The monoisotopic (exact) mass is 248 g/mol. The van der Waals surface area contributed by atoms with Crippen molar-refractivity contribution in [1.29, 1.82) is 0 Å². The van der Waals surface area contributed by atoms with Gasteiger partial charge in [-0.1, -0.05) is 78.4 Å². The molecule has 0 aliphatic carbocycles. The minimum absolute atomic E-state index is 0.402. The zero-order valence-corrected chi connectivity index (χ0v) is 11.4. The highest BCUT2D eigenvalue weighted by molar-refractivity contribution is 5.50. The smallest absolute Gasteiger partial charge is 0.00582 e. The summed E-state index contributed by atoms with van der Waals surface area (Å²) in [4.78, 5) is 0. The summed E-state index contributed by atoms with van der Waals surface area (Å²) in [6.07, 6.45) is 5.47. The second kappa shape index (κ2) is 6.75. The number of rotatable bonds is 5. The van der Waals surface area contributed by atoms with Crippen LogP contribution in [0.5, 0.6) is 0 Å². The lowest BCUT2D eigenvalue weighted by Crippen LogP contribution is -1.95. The van der Waals surface area contributed by atoms with Crippen LogP contribution in [0.2, 0.25) is 0 Å². The van der Waals surface area contributed by atoms with E-state index >= 15 is 0 Å². The topological polar surface area (TPSA) is 0 Å². The van der Waals surface area contributed by atoms with Crippen molar-refractivity contribution in [3.8, 4) is 0 Å². The van der Waals surface area contributed by atoms with Crippen molar-refractivity contribution in [3.05, 3.63) is 90.0 Å². The average Bonchev–Trinajstić information content (AvgIpc) is 2.45. The number of hydrogen-bond donors (Lipinski definition) is 0. The van der Waals surface area contributed by atoms with Crippen LogP contribution in [0.4, 0.5) is 0 Å². The summed E-state index contributed by atoms with van der Waals surface area (Å²) in [5.74, 6) is 0.402. The van der Waals surface area contributed by atoms with E-state index < -0.39 is 0 Å². The van der Waals surface area contributed by atoms with Crippen LogP contribution < -0.4 is 0 Å². The molecular weight excluding hydrogens is 228 g/mol. The Morgan fingerprint density at radius 2 is 1.58 bits per heavy atom. The van der Waals surface area contributed by atoms with Crippen LogP contribution in [0.15, 0.2) is 78.9 Å². The molecule has 0 saturated heterocycles. The van der Waals surface area contributed by atoms with E-state index in [-0.39, 0.29) is 0 Å². The quantitative estimate of drug-likeness (QED) is 0.617. The van der Waals surface area contributed by atoms with Gasteiger partial charge in [-0.2, -0.15) is 0 Å². The van der Waals surface area contributed by atoms with Gasteiger partial charge in [0.1, 0.15) is 0 Å². The third kappa shape index (κ3) is 4.26. The second-order valence-corrected chi connectivity index (χ2v) is 4.95. The minimum atomic E-state index is 0.402. The molecule has 0 aliphatic rings. The Balaban J connectivity index is 2.19. The Labute approximate surface area is 116 Å². The fourth-order valence-corrected chi connectivity index (χ4v) is 2.16. The maximum Gasteiger partial charge on any atom is 0.00582 e. The van der Waals surface area contributed by atoms with Gasteiger partial charge in [0.05, 0.1) is 0 Å². The highest BCUT2D eigenvalue weighted by Gasteiger charge is 2.07. The molecule has 0 N–H and O–H groups in total. The van der Waals surface area contributed by atoms with Crippen molar-refractivity contribution in [2.45, 2.75) is 19.3 Å². The standard InChI is InChI=1S/C19H20/c1-16(2)15-19(18-11-7-4-8-12-18)14-13-17-9-5-3-6-10-17/h3-14,19H,1,15H2,2H3/b14-13+. The van der Waals surface area contributed by atoms with Gasteiger partial charge >= 0.3 is 0 Å². The van der Waals surface area contributed by atoms with Gasteiger partial charge in [0, 0.05) is 5.92 Å². The summed E-state index contributed by atoms with van der Waals surface area (Å²) < 4.78 is 0. The van der Waals surface area contributed by atoms with Crippen LogP contribution in [0.3, 0.4) is 0 Å². The van der Waals surface area contributed by atoms with Crippen LogP contribution in [-0.2, 0) is 0 Å². The highest BCUT2D eigenvalue weighted by atomic mass is 14.1. The van der Waals surface area contributed by atoms with E-state index in [1.54, 1.807) is 0 Å². The summed E-state index contributed by atoms with van der Waals surface area (Å²) in [6.45, 7) is 6.13. The van der Waals surface area contributed by atoms with Gasteiger partial charge in [0.2, 0.25) is 0 Å². The Hall–Kier alpha value is -2.08. The summed E-state index contributed by atoms with van der Waals surface area (Å²) in [5.41, 5.74) is 3.80. The lowest BCUT2D eigenvalue weighted by molar-refractivity contribution is 0.831. The predicted octanol–water partition coefficient (Wildman–Crippen LogP) is 5.45. The molecule has 2 aromatic rings. The molecule has 2 rings (SSSR count). The molecule has 0 fully saturated rings. The Bertz CT molecular complexity index is 535. The molecular formula is C19H20. The van der Waals surface area contributed by atoms with Gasteiger partial charge in [0.25, 0.3) is 0 Å². The first-order valence-electron chi connectivity index (χ1n) is 6.68. The fourth-order valence-electron chi connectivity index (χ4n) is 2.16. The minimum Gasteiger partial charge on any atom is -0.100 e. The summed E-state index contributed by atoms with van der Waals surface area (Å²) in [5, 5.41) is 0. The molecule has 0 nitrogen and oxygen atoms in total. The van der Waals surface area contributed by atoms with E-state index in [2.05, 4.69) is 80.3 Å². The SMILES string of the molecule is C=C(C)CC(/C=C/c1ccccc1)c1ccccc1. The largest absolute Gasteiger partial charge is 0.100 e. The average molecular weight is 248 g/mol. The number of benzene rings is 2. The van der Waals surface area contributed by atoms with Crippen molar-refractivity contribution in [2.24, 2.45) is 0 Å². The molecule has 0 saturated carbocycles. The Morgan fingerprint density at radius 3 is 2.16 bits per heavy atom. The maximum absolute atomic E-state index is 4.04. The summed E-state index contributed by atoms with van der Waals surface area (Å²) in [6, 6.07) is 21.0. The fraction of sp³-hybridized carbons (Fsp3) is 0.158. The molecule has 0 spiro atoms. The van der Waals surface area contributed by atoms with Crippen LogP contribution in [0.25, 0.3) is 6.08 Å². The van der Waals surface area contributed by atoms with Gasteiger partial charge in [-0.25, -0.2) is 0 Å². The van der Waals surface area contributed by atoms with E-state index in [4.69, 9.17) is 0 Å². The van der Waals surface area contributed by atoms with Gasteiger partial charge in [0.15, 0.2) is 0 Å². The summed E-state index contributed by atoms with van der Waals surface area (Å²) in [7, 11) is 0.